The molecule has 0 unspecified atom stereocenters. The van der Waals surface area contributed by atoms with Gasteiger partial charge in [0, 0.05) is 12.7 Å². The standard InChI is InChI=1S/C13H25N3/c1-4-5-10-16-11-13(14-15-16)9-7-6-8-12(2)3/h11-12H,4-10H2,1-3H3. The highest BCUT2D eigenvalue weighted by atomic mass is 15.4. The van der Waals surface area contributed by atoms with Crippen molar-refractivity contribution in [1.82, 2.24) is 15.0 Å². The van der Waals surface area contributed by atoms with Crippen molar-refractivity contribution in [1.29, 1.82) is 0 Å². The van der Waals surface area contributed by atoms with Gasteiger partial charge in [-0.15, -0.1) is 5.10 Å². The van der Waals surface area contributed by atoms with Crippen molar-refractivity contribution in [2.24, 2.45) is 5.92 Å². The fourth-order valence-corrected chi connectivity index (χ4v) is 1.74. The monoisotopic (exact) mass is 223 g/mol. The Labute approximate surface area is 99.2 Å². The van der Waals surface area contributed by atoms with Crippen LogP contribution in [0, 0.1) is 5.92 Å². The van der Waals surface area contributed by atoms with Gasteiger partial charge in [0.25, 0.3) is 0 Å². The molecule has 92 valence electrons. The molecule has 3 heteroatoms. The fraction of sp³-hybridized carbons (Fsp3) is 0.846. The van der Waals surface area contributed by atoms with Gasteiger partial charge in [-0.3, -0.25) is 4.68 Å². The van der Waals surface area contributed by atoms with E-state index in [4.69, 9.17) is 0 Å². The molecule has 0 N–H and O–H groups in total. The van der Waals surface area contributed by atoms with Crippen molar-refractivity contribution >= 4 is 0 Å². The molecule has 0 aliphatic rings. The summed E-state index contributed by atoms with van der Waals surface area (Å²) >= 11 is 0. The second-order valence-corrected chi connectivity index (χ2v) is 4.97. The normalized spacial score (nSPS) is 11.2. The van der Waals surface area contributed by atoms with E-state index in [1.165, 1.54) is 32.1 Å². The molecular weight excluding hydrogens is 198 g/mol. The summed E-state index contributed by atoms with van der Waals surface area (Å²) in [6.45, 7) is 7.77. The van der Waals surface area contributed by atoms with Crippen LogP contribution in [0.1, 0.15) is 58.6 Å². The maximum atomic E-state index is 4.20. The van der Waals surface area contributed by atoms with Crippen LogP contribution in [-0.2, 0) is 13.0 Å². The SMILES string of the molecule is CCCCn1cc(CCCCC(C)C)nn1. The van der Waals surface area contributed by atoms with Crippen LogP contribution in [0.3, 0.4) is 0 Å². The first kappa shape index (κ1) is 13.2. The van der Waals surface area contributed by atoms with E-state index in [0.717, 1.165) is 24.6 Å². The molecule has 1 aromatic heterocycles. The molecule has 3 nitrogen and oxygen atoms in total. The molecule has 0 amide bonds. The first-order valence-electron chi connectivity index (χ1n) is 6.61. The number of hydrogen-bond donors (Lipinski definition) is 0. The molecule has 0 spiro atoms. The minimum absolute atomic E-state index is 0.820. The number of aromatic nitrogens is 3. The molecule has 0 saturated heterocycles. The summed E-state index contributed by atoms with van der Waals surface area (Å²) < 4.78 is 1.97. The maximum Gasteiger partial charge on any atom is 0.0827 e. The highest BCUT2D eigenvalue weighted by molar-refractivity contribution is 4.92. The van der Waals surface area contributed by atoms with Crippen LogP contribution >= 0.6 is 0 Å². The van der Waals surface area contributed by atoms with Crippen molar-refractivity contribution in [3.05, 3.63) is 11.9 Å². The van der Waals surface area contributed by atoms with E-state index in [2.05, 4.69) is 37.3 Å². The first-order valence-corrected chi connectivity index (χ1v) is 6.61. The second kappa shape index (κ2) is 7.42. The quantitative estimate of drug-likeness (QED) is 0.632. The highest BCUT2D eigenvalue weighted by Gasteiger charge is 2.01. The third-order valence-electron chi connectivity index (χ3n) is 2.79. The molecule has 0 bridgehead atoms. The Bertz CT molecular complexity index is 278. The Balaban J connectivity index is 2.19. The first-order chi connectivity index (χ1) is 7.72. The lowest BCUT2D eigenvalue weighted by atomic mass is 10.0. The van der Waals surface area contributed by atoms with Crippen molar-refractivity contribution in [2.75, 3.05) is 0 Å². The Morgan fingerprint density at radius 2 is 2.06 bits per heavy atom. The maximum absolute atomic E-state index is 4.20. The smallest absolute Gasteiger partial charge is 0.0827 e. The Kier molecular flexibility index (Phi) is 6.12. The lowest BCUT2D eigenvalue weighted by Crippen LogP contribution is -1.97. The van der Waals surface area contributed by atoms with Crippen molar-refractivity contribution < 1.29 is 0 Å². The van der Waals surface area contributed by atoms with Gasteiger partial charge in [-0.05, 0) is 25.2 Å². The van der Waals surface area contributed by atoms with Gasteiger partial charge in [0.15, 0.2) is 0 Å². The summed E-state index contributed by atoms with van der Waals surface area (Å²) in [5.74, 6) is 0.820. The van der Waals surface area contributed by atoms with E-state index in [-0.39, 0.29) is 0 Å². The summed E-state index contributed by atoms with van der Waals surface area (Å²) in [7, 11) is 0. The minimum Gasteiger partial charge on any atom is -0.252 e. The molecule has 0 radical (unpaired) electrons. The van der Waals surface area contributed by atoms with Crippen LogP contribution in [0.25, 0.3) is 0 Å². The van der Waals surface area contributed by atoms with Gasteiger partial charge >= 0.3 is 0 Å². The topological polar surface area (TPSA) is 30.7 Å². The number of hydrogen-bond acceptors (Lipinski definition) is 2. The molecule has 0 fully saturated rings. The fourth-order valence-electron chi connectivity index (χ4n) is 1.74. The molecule has 0 aromatic carbocycles. The molecular formula is C13H25N3. The van der Waals surface area contributed by atoms with Crippen molar-refractivity contribution in [3.8, 4) is 0 Å². The number of unbranched alkanes of at least 4 members (excludes halogenated alkanes) is 2. The molecule has 1 aromatic rings. The summed E-state index contributed by atoms with van der Waals surface area (Å²) in [6, 6.07) is 0. The van der Waals surface area contributed by atoms with E-state index in [1.807, 2.05) is 4.68 Å². The van der Waals surface area contributed by atoms with Gasteiger partial charge in [-0.2, -0.15) is 0 Å². The van der Waals surface area contributed by atoms with E-state index >= 15 is 0 Å². The van der Waals surface area contributed by atoms with Crippen LogP contribution in [0.15, 0.2) is 6.20 Å². The van der Waals surface area contributed by atoms with Crippen molar-refractivity contribution in [3.63, 3.8) is 0 Å². The lowest BCUT2D eigenvalue weighted by Gasteiger charge is -2.02. The molecule has 0 aliphatic heterocycles. The average molecular weight is 223 g/mol. The van der Waals surface area contributed by atoms with Gasteiger partial charge in [-0.25, -0.2) is 0 Å². The Hall–Kier alpha value is -0.860. The van der Waals surface area contributed by atoms with Gasteiger partial charge in [0.1, 0.15) is 0 Å². The summed E-state index contributed by atoms with van der Waals surface area (Å²) in [6.07, 6.45) is 9.46. The Morgan fingerprint density at radius 3 is 2.75 bits per heavy atom. The molecule has 0 aliphatic carbocycles. The largest absolute Gasteiger partial charge is 0.252 e. The number of rotatable bonds is 8. The zero-order chi connectivity index (χ0) is 11.8. The van der Waals surface area contributed by atoms with E-state index in [1.54, 1.807) is 0 Å². The van der Waals surface area contributed by atoms with Crippen LogP contribution in [0.2, 0.25) is 0 Å². The van der Waals surface area contributed by atoms with Crippen LogP contribution in [0.5, 0.6) is 0 Å². The summed E-state index contributed by atoms with van der Waals surface area (Å²) in [5, 5.41) is 8.33. The van der Waals surface area contributed by atoms with Gasteiger partial charge in [0.05, 0.1) is 5.69 Å². The molecule has 16 heavy (non-hydrogen) atoms. The third kappa shape index (κ3) is 5.29. The van der Waals surface area contributed by atoms with E-state index < -0.39 is 0 Å². The number of nitrogens with zero attached hydrogens (tertiary/aromatic N) is 3. The zero-order valence-electron chi connectivity index (χ0n) is 10.9. The molecule has 0 saturated carbocycles. The summed E-state index contributed by atoms with van der Waals surface area (Å²) in [5.41, 5.74) is 1.15. The van der Waals surface area contributed by atoms with Gasteiger partial charge < -0.3 is 0 Å². The predicted molar refractivity (Wildman–Crippen MR) is 67.3 cm³/mol. The molecule has 1 rings (SSSR count). The second-order valence-electron chi connectivity index (χ2n) is 4.97. The molecule has 0 atom stereocenters. The lowest BCUT2D eigenvalue weighted by molar-refractivity contribution is 0.536. The van der Waals surface area contributed by atoms with Gasteiger partial charge in [0.2, 0.25) is 0 Å². The van der Waals surface area contributed by atoms with E-state index in [0.29, 0.717) is 0 Å². The zero-order valence-corrected chi connectivity index (χ0v) is 10.9. The van der Waals surface area contributed by atoms with Crippen LogP contribution < -0.4 is 0 Å². The molecule has 1 heterocycles. The van der Waals surface area contributed by atoms with Crippen LogP contribution in [-0.4, -0.2) is 15.0 Å². The predicted octanol–water partition coefficient (Wildman–Crippen LogP) is 3.45. The minimum atomic E-state index is 0.820. The third-order valence-corrected chi connectivity index (χ3v) is 2.79. The highest BCUT2D eigenvalue weighted by Crippen LogP contribution is 2.09. The van der Waals surface area contributed by atoms with Gasteiger partial charge in [-0.1, -0.05) is 45.2 Å². The summed E-state index contributed by atoms with van der Waals surface area (Å²) in [4.78, 5) is 0. The van der Waals surface area contributed by atoms with Crippen LogP contribution in [0.4, 0.5) is 0 Å². The Morgan fingerprint density at radius 1 is 1.25 bits per heavy atom. The average Bonchev–Trinajstić information content (AvgIpc) is 2.69. The number of aryl methyl sites for hydroxylation is 2. The van der Waals surface area contributed by atoms with Crippen molar-refractivity contribution in [2.45, 2.75) is 65.8 Å². The van der Waals surface area contributed by atoms with E-state index in [9.17, 15) is 0 Å².